The minimum Gasteiger partial charge on any atom is -0.311 e. The van der Waals surface area contributed by atoms with E-state index in [0.717, 1.165) is 11.1 Å². The summed E-state index contributed by atoms with van der Waals surface area (Å²) in [5.41, 5.74) is 3.27. The van der Waals surface area contributed by atoms with Crippen LogP contribution in [0.25, 0.3) is 0 Å². The number of nitrogens with one attached hydrogen (secondary N) is 2. The van der Waals surface area contributed by atoms with Crippen LogP contribution >= 0.6 is 0 Å². The second-order valence-corrected chi connectivity index (χ2v) is 7.47. The first-order valence-corrected chi connectivity index (χ1v) is 10.2. The van der Waals surface area contributed by atoms with Crippen molar-refractivity contribution in [3.63, 3.8) is 0 Å². The number of aliphatic imine (C=N–C) groups is 1. The van der Waals surface area contributed by atoms with Crippen molar-refractivity contribution in [2.45, 2.75) is 13.1 Å². The molecule has 1 aliphatic heterocycles. The number of carbonyl (C=O) groups is 2. The minimum absolute atomic E-state index is 0.113. The van der Waals surface area contributed by atoms with E-state index in [4.69, 9.17) is 0 Å². The Hall–Kier alpha value is -4.53. The highest BCUT2D eigenvalue weighted by molar-refractivity contribution is 6.20. The van der Waals surface area contributed by atoms with Gasteiger partial charge in [0.15, 0.2) is 0 Å². The molecule has 166 valence electrons. The van der Waals surface area contributed by atoms with E-state index in [1.54, 1.807) is 20.0 Å². The molecule has 1 heterocycles. The average molecular weight is 443 g/mol. The Morgan fingerprint density at radius 2 is 1.73 bits per heavy atom. The van der Waals surface area contributed by atoms with Crippen molar-refractivity contribution in [2.24, 2.45) is 4.99 Å². The van der Waals surface area contributed by atoms with Gasteiger partial charge in [0.25, 0.3) is 11.6 Å². The minimum atomic E-state index is -1.20. The van der Waals surface area contributed by atoms with Gasteiger partial charge in [0.05, 0.1) is 27.6 Å². The number of amides is 3. The number of urea groups is 1. The van der Waals surface area contributed by atoms with Gasteiger partial charge in [-0.05, 0) is 19.1 Å². The van der Waals surface area contributed by atoms with E-state index in [2.05, 4.69) is 15.6 Å². The van der Waals surface area contributed by atoms with Crippen LogP contribution in [0, 0.1) is 17.0 Å². The number of benzodiazepines with no additional fused rings is 1. The Bertz CT molecular complexity index is 1270. The number of nitrogens with zero attached hydrogens (tertiary/aromatic N) is 3. The Morgan fingerprint density at radius 1 is 1.03 bits per heavy atom. The number of anilines is 2. The van der Waals surface area contributed by atoms with Gasteiger partial charge in [0, 0.05) is 24.2 Å². The number of benzene rings is 3. The summed E-state index contributed by atoms with van der Waals surface area (Å²) in [6.45, 7) is 1.54. The van der Waals surface area contributed by atoms with Gasteiger partial charge in [-0.1, -0.05) is 54.6 Å². The molecule has 0 spiro atoms. The van der Waals surface area contributed by atoms with Gasteiger partial charge in [0.2, 0.25) is 6.17 Å². The molecule has 0 saturated carbocycles. The Morgan fingerprint density at radius 3 is 2.45 bits per heavy atom. The summed E-state index contributed by atoms with van der Waals surface area (Å²) in [5, 5.41) is 16.4. The van der Waals surface area contributed by atoms with Gasteiger partial charge in [-0.2, -0.15) is 0 Å². The van der Waals surface area contributed by atoms with Crippen LogP contribution in [0.15, 0.2) is 77.8 Å². The van der Waals surface area contributed by atoms with Gasteiger partial charge in [-0.15, -0.1) is 0 Å². The number of nitro groups is 1. The molecule has 9 nitrogen and oxygen atoms in total. The molecule has 0 aromatic heterocycles. The summed E-state index contributed by atoms with van der Waals surface area (Å²) >= 11 is 0. The summed E-state index contributed by atoms with van der Waals surface area (Å²) < 4.78 is 0. The van der Waals surface area contributed by atoms with Gasteiger partial charge >= 0.3 is 6.03 Å². The molecule has 0 fully saturated rings. The molecule has 3 aromatic rings. The fraction of sp³-hybridized carbons (Fsp3) is 0.125. The number of nitro benzene ring substituents is 1. The van der Waals surface area contributed by atoms with Gasteiger partial charge < -0.3 is 15.5 Å². The quantitative estimate of drug-likeness (QED) is 0.470. The summed E-state index contributed by atoms with van der Waals surface area (Å²) in [6.07, 6.45) is -1.20. The van der Waals surface area contributed by atoms with Crippen LogP contribution in [0.4, 0.5) is 21.9 Å². The van der Waals surface area contributed by atoms with Crippen molar-refractivity contribution in [3.05, 3.63) is 99.6 Å². The highest BCUT2D eigenvalue weighted by atomic mass is 16.6. The monoisotopic (exact) mass is 443 g/mol. The number of rotatable bonds is 4. The maximum atomic E-state index is 13.2. The maximum Gasteiger partial charge on any atom is 0.321 e. The standard InChI is InChI=1S/C24H21N5O4/c1-15-18(12-8-14-19(15)29(32)33)25-24(31)27-22-23(30)28(2)20-13-7-6-11-17(20)21(26-22)16-9-4-3-5-10-16/h3-14,22H,1-2H3,(H2,25,27,31)/t22-/m1/s1. The summed E-state index contributed by atoms with van der Waals surface area (Å²) in [4.78, 5) is 42.7. The van der Waals surface area contributed by atoms with Crippen molar-refractivity contribution in [2.75, 3.05) is 17.3 Å². The molecule has 4 rings (SSSR count). The van der Waals surface area contributed by atoms with E-state index in [-0.39, 0.29) is 11.4 Å². The molecule has 0 aliphatic carbocycles. The summed E-state index contributed by atoms with van der Waals surface area (Å²) in [7, 11) is 1.63. The highest BCUT2D eigenvalue weighted by Gasteiger charge is 2.31. The molecule has 0 radical (unpaired) electrons. The van der Waals surface area contributed by atoms with Crippen LogP contribution in [0.1, 0.15) is 16.7 Å². The third-order valence-electron chi connectivity index (χ3n) is 5.41. The topological polar surface area (TPSA) is 117 Å². The molecule has 0 bridgehead atoms. The third-order valence-corrected chi connectivity index (χ3v) is 5.41. The number of hydrogen-bond donors (Lipinski definition) is 2. The second-order valence-electron chi connectivity index (χ2n) is 7.47. The molecule has 33 heavy (non-hydrogen) atoms. The Kier molecular flexibility index (Phi) is 5.86. The van der Waals surface area contributed by atoms with Gasteiger partial charge in [-0.3, -0.25) is 14.9 Å². The maximum absolute atomic E-state index is 13.2. The average Bonchev–Trinajstić information content (AvgIpc) is 2.91. The molecule has 0 saturated heterocycles. The van der Waals surface area contributed by atoms with E-state index >= 15 is 0 Å². The highest BCUT2D eigenvalue weighted by Crippen LogP contribution is 2.28. The fourth-order valence-electron chi connectivity index (χ4n) is 3.68. The lowest BCUT2D eigenvalue weighted by atomic mass is 10.0. The third kappa shape index (κ3) is 4.29. The molecule has 3 amide bonds. The van der Waals surface area contributed by atoms with Crippen molar-refractivity contribution in [1.29, 1.82) is 0 Å². The first-order chi connectivity index (χ1) is 15.9. The largest absolute Gasteiger partial charge is 0.321 e. The number of carbonyl (C=O) groups excluding carboxylic acids is 2. The van der Waals surface area contributed by atoms with Gasteiger partial charge in [0.1, 0.15) is 0 Å². The summed E-state index contributed by atoms with van der Waals surface area (Å²) in [6, 6.07) is 20.5. The predicted octanol–water partition coefficient (Wildman–Crippen LogP) is 3.86. The zero-order valence-electron chi connectivity index (χ0n) is 18.0. The van der Waals surface area contributed by atoms with Crippen molar-refractivity contribution < 1.29 is 14.5 Å². The Balaban J connectivity index is 1.68. The molecular weight excluding hydrogens is 422 g/mol. The smallest absolute Gasteiger partial charge is 0.311 e. The van der Waals surface area contributed by atoms with E-state index in [1.165, 1.54) is 17.0 Å². The van der Waals surface area contributed by atoms with Gasteiger partial charge in [-0.25, -0.2) is 9.79 Å². The van der Waals surface area contributed by atoms with E-state index in [9.17, 15) is 19.7 Å². The van der Waals surface area contributed by atoms with Crippen LogP contribution in [0.2, 0.25) is 0 Å². The predicted molar refractivity (Wildman–Crippen MR) is 126 cm³/mol. The molecule has 9 heteroatoms. The number of para-hydroxylation sites is 1. The summed E-state index contributed by atoms with van der Waals surface area (Å²) in [5.74, 6) is -0.417. The molecule has 0 unspecified atom stereocenters. The van der Waals surface area contributed by atoms with Crippen LogP contribution in [-0.4, -0.2) is 35.8 Å². The lowest BCUT2D eigenvalue weighted by Gasteiger charge is -2.21. The van der Waals surface area contributed by atoms with Crippen LogP contribution < -0.4 is 15.5 Å². The Labute approximate surface area is 189 Å². The first-order valence-electron chi connectivity index (χ1n) is 10.2. The van der Waals surface area contributed by atoms with Crippen molar-refractivity contribution in [1.82, 2.24) is 5.32 Å². The normalized spacial score (nSPS) is 15.2. The lowest BCUT2D eigenvalue weighted by molar-refractivity contribution is -0.385. The van der Waals surface area contributed by atoms with Crippen molar-refractivity contribution >= 4 is 34.7 Å². The van der Waals surface area contributed by atoms with E-state index in [1.807, 2.05) is 54.6 Å². The molecule has 3 aromatic carbocycles. The molecular formula is C24H21N5O4. The number of fused-ring (bicyclic) bond motifs is 1. The number of hydrogen-bond acceptors (Lipinski definition) is 5. The second kappa shape index (κ2) is 8.91. The molecule has 1 aliphatic rings. The zero-order chi connectivity index (χ0) is 23.5. The number of likely N-dealkylation sites (N-methyl/N-ethyl adjacent to an activating group) is 1. The van der Waals surface area contributed by atoms with Crippen LogP contribution in [-0.2, 0) is 4.79 Å². The van der Waals surface area contributed by atoms with Crippen molar-refractivity contribution in [3.8, 4) is 0 Å². The first kappa shape index (κ1) is 21.7. The SMILES string of the molecule is Cc1c(NC(=O)N[C@H]2N=C(c3ccccc3)c3ccccc3N(C)C2=O)cccc1[N+](=O)[O-]. The van der Waals surface area contributed by atoms with E-state index in [0.29, 0.717) is 17.0 Å². The fourth-order valence-corrected chi connectivity index (χ4v) is 3.68. The molecule has 2 N–H and O–H groups in total. The molecule has 1 atom stereocenters. The lowest BCUT2D eigenvalue weighted by Crippen LogP contribution is -2.47. The van der Waals surface area contributed by atoms with Crippen LogP contribution in [0.5, 0.6) is 0 Å². The van der Waals surface area contributed by atoms with Crippen LogP contribution in [0.3, 0.4) is 0 Å². The zero-order valence-corrected chi connectivity index (χ0v) is 18.0. The van der Waals surface area contributed by atoms with E-state index < -0.39 is 23.0 Å².